The number of nitrogens with two attached hydrogens (primary N) is 1. The summed E-state index contributed by atoms with van der Waals surface area (Å²) in [6.07, 6.45) is 0. The highest BCUT2D eigenvalue weighted by Crippen LogP contribution is 2.28. The van der Waals surface area contributed by atoms with E-state index in [0.717, 1.165) is 6.07 Å². The fraction of sp³-hybridized carbons (Fsp3) is 0.125. The minimum absolute atomic E-state index is 0.0860. The van der Waals surface area contributed by atoms with Gasteiger partial charge in [0.2, 0.25) is 0 Å². The molecular formula is C8H6Cl2FNO. The van der Waals surface area contributed by atoms with Crippen LogP contribution in [0.4, 0.5) is 4.39 Å². The van der Waals surface area contributed by atoms with Crippen molar-refractivity contribution in [2.75, 3.05) is 6.54 Å². The van der Waals surface area contributed by atoms with Crippen LogP contribution < -0.4 is 5.73 Å². The Bertz CT molecular complexity index is 354. The highest BCUT2D eigenvalue weighted by atomic mass is 35.5. The van der Waals surface area contributed by atoms with Crippen molar-refractivity contribution in [3.8, 4) is 0 Å². The van der Waals surface area contributed by atoms with Crippen LogP contribution in [0, 0.1) is 5.82 Å². The maximum atomic E-state index is 12.8. The van der Waals surface area contributed by atoms with Crippen LogP contribution >= 0.6 is 23.2 Å². The second-order valence-corrected chi connectivity index (χ2v) is 3.11. The number of carbonyl (C=O) groups excluding carboxylic acids is 1. The van der Waals surface area contributed by atoms with Gasteiger partial charge in [-0.1, -0.05) is 23.2 Å². The molecule has 0 saturated carbocycles. The summed E-state index contributed by atoms with van der Waals surface area (Å²) in [6, 6.07) is 2.34. The van der Waals surface area contributed by atoms with Crippen LogP contribution in [-0.4, -0.2) is 12.3 Å². The molecule has 0 amide bonds. The van der Waals surface area contributed by atoms with Gasteiger partial charge < -0.3 is 5.73 Å². The van der Waals surface area contributed by atoms with Crippen molar-refractivity contribution in [2.24, 2.45) is 5.73 Å². The van der Waals surface area contributed by atoms with Crippen molar-refractivity contribution in [1.29, 1.82) is 0 Å². The fourth-order valence-electron chi connectivity index (χ4n) is 0.851. The lowest BCUT2D eigenvalue weighted by molar-refractivity contribution is 0.100. The van der Waals surface area contributed by atoms with Gasteiger partial charge in [0.05, 0.1) is 16.6 Å². The molecule has 1 aromatic carbocycles. The summed E-state index contributed by atoms with van der Waals surface area (Å²) in [4.78, 5) is 11.1. The zero-order chi connectivity index (χ0) is 10.0. The summed E-state index contributed by atoms with van der Waals surface area (Å²) >= 11 is 11.1. The first-order valence-electron chi connectivity index (χ1n) is 3.44. The van der Waals surface area contributed by atoms with Gasteiger partial charge >= 0.3 is 0 Å². The standard InChI is InChI=1S/C8H6Cl2FNO/c9-7-4(6(13)3-12)1-2-5(11)8(7)10/h1-2H,3,12H2. The van der Waals surface area contributed by atoms with E-state index < -0.39 is 5.82 Å². The third-order valence-corrected chi connectivity index (χ3v) is 2.38. The van der Waals surface area contributed by atoms with Crippen LogP contribution in [0.2, 0.25) is 10.0 Å². The van der Waals surface area contributed by atoms with Gasteiger partial charge in [-0.05, 0) is 12.1 Å². The third kappa shape index (κ3) is 1.99. The van der Waals surface area contributed by atoms with Gasteiger partial charge in [-0.3, -0.25) is 4.79 Å². The summed E-state index contributed by atoms with van der Waals surface area (Å²) in [5, 5.41) is -0.335. The number of Topliss-reactive ketones (excluding diaryl/α,β-unsaturated/α-hetero) is 1. The molecule has 0 radical (unpaired) electrons. The van der Waals surface area contributed by atoms with Gasteiger partial charge in [0.1, 0.15) is 5.82 Å². The highest BCUT2D eigenvalue weighted by Gasteiger charge is 2.14. The molecule has 5 heteroatoms. The number of carbonyl (C=O) groups is 1. The first-order chi connectivity index (χ1) is 6.07. The normalized spacial score (nSPS) is 10.2. The first kappa shape index (κ1) is 10.4. The minimum atomic E-state index is -0.653. The lowest BCUT2D eigenvalue weighted by atomic mass is 10.1. The molecule has 0 spiro atoms. The Labute approximate surface area is 84.4 Å². The smallest absolute Gasteiger partial charge is 0.177 e. The minimum Gasteiger partial charge on any atom is -0.324 e. The van der Waals surface area contributed by atoms with Gasteiger partial charge in [0, 0.05) is 5.56 Å². The zero-order valence-corrected chi connectivity index (χ0v) is 7.99. The van der Waals surface area contributed by atoms with E-state index in [1.165, 1.54) is 6.07 Å². The van der Waals surface area contributed by atoms with Crippen LogP contribution in [-0.2, 0) is 0 Å². The number of ketones is 1. The van der Waals surface area contributed by atoms with Crippen molar-refractivity contribution < 1.29 is 9.18 Å². The molecular weight excluding hydrogens is 216 g/mol. The molecule has 0 heterocycles. The van der Waals surface area contributed by atoms with Crippen LogP contribution in [0.15, 0.2) is 12.1 Å². The molecule has 0 fully saturated rings. The second kappa shape index (κ2) is 4.05. The Hall–Kier alpha value is -0.640. The summed E-state index contributed by atoms with van der Waals surface area (Å²) in [5.41, 5.74) is 5.26. The van der Waals surface area contributed by atoms with Crippen LogP contribution in [0.5, 0.6) is 0 Å². The average molecular weight is 222 g/mol. The number of halogens is 3. The van der Waals surface area contributed by atoms with Crippen LogP contribution in [0.3, 0.4) is 0 Å². The monoisotopic (exact) mass is 221 g/mol. The molecule has 0 aromatic heterocycles. The Balaban J connectivity index is 3.26. The molecule has 1 rings (SSSR count). The fourth-order valence-corrected chi connectivity index (χ4v) is 1.27. The summed E-state index contributed by atoms with van der Waals surface area (Å²) < 4.78 is 12.8. The zero-order valence-electron chi connectivity index (χ0n) is 6.48. The van der Waals surface area contributed by atoms with Gasteiger partial charge in [0.25, 0.3) is 0 Å². The first-order valence-corrected chi connectivity index (χ1v) is 4.20. The lowest BCUT2D eigenvalue weighted by Gasteiger charge is -2.03. The van der Waals surface area contributed by atoms with E-state index in [4.69, 9.17) is 28.9 Å². The van der Waals surface area contributed by atoms with Gasteiger partial charge in [-0.2, -0.15) is 0 Å². The summed E-state index contributed by atoms with van der Waals surface area (Å²) in [6.45, 7) is -0.179. The van der Waals surface area contributed by atoms with Crippen molar-refractivity contribution in [1.82, 2.24) is 0 Å². The maximum Gasteiger partial charge on any atom is 0.177 e. The molecule has 13 heavy (non-hydrogen) atoms. The Kier molecular flexibility index (Phi) is 3.25. The molecule has 0 aliphatic rings. The van der Waals surface area contributed by atoms with E-state index in [1.807, 2.05) is 0 Å². The van der Waals surface area contributed by atoms with E-state index in [9.17, 15) is 9.18 Å². The average Bonchev–Trinajstić information content (AvgIpc) is 2.13. The maximum absolute atomic E-state index is 12.8. The Morgan fingerprint density at radius 2 is 2.00 bits per heavy atom. The number of hydrogen-bond donors (Lipinski definition) is 1. The number of hydrogen-bond acceptors (Lipinski definition) is 2. The predicted molar refractivity (Wildman–Crippen MR) is 49.8 cm³/mol. The lowest BCUT2D eigenvalue weighted by Crippen LogP contribution is -2.14. The topological polar surface area (TPSA) is 43.1 Å². The molecule has 0 aliphatic carbocycles. The van der Waals surface area contributed by atoms with E-state index in [-0.39, 0.29) is 27.9 Å². The van der Waals surface area contributed by atoms with Crippen LogP contribution in [0.1, 0.15) is 10.4 Å². The van der Waals surface area contributed by atoms with Crippen molar-refractivity contribution in [2.45, 2.75) is 0 Å². The number of benzene rings is 1. The summed E-state index contributed by atoms with van der Waals surface area (Å²) in [5.74, 6) is -1.02. The van der Waals surface area contributed by atoms with Crippen LogP contribution in [0.25, 0.3) is 0 Å². The Morgan fingerprint density at radius 1 is 1.38 bits per heavy atom. The van der Waals surface area contributed by atoms with Crippen molar-refractivity contribution in [3.05, 3.63) is 33.6 Å². The van der Waals surface area contributed by atoms with Gasteiger partial charge in [-0.25, -0.2) is 4.39 Å². The SMILES string of the molecule is NCC(=O)c1ccc(F)c(Cl)c1Cl. The van der Waals surface area contributed by atoms with Gasteiger partial charge in [0.15, 0.2) is 5.78 Å². The highest BCUT2D eigenvalue weighted by molar-refractivity contribution is 6.44. The molecule has 0 saturated heterocycles. The molecule has 0 aliphatic heterocycles. The quantitative estimate of drug-likeness (QED) is 0.616. The molecule has 2 N–H and O–H groups in total. The largest absolute Gasteiger partial charge is 0.324 e. The Morgan fingerprint density at radius 3 is 2.54 bits per heavy atom. The molecule has 0 bridgehead atoms. The molecule has 1 aromatic rings. The van der Waals surface area contributed by atoms with Gasteiger partial charge in [-0.15, -0.1) is 0 Å². The van der Waals surface area contributed by atoms with E-state index in [2.05, 4.69) is 0 Å². The number of rotatable bonds is 2. The third-order valence-electron chi connectivity index (χ3n) is 1.52. The van der Waals surface area contributed by atoms with Crippen molar-refractivity contribution >= 4 is 29.0 Å². The van der Waals surface area contributed by atoms with Crippen molar-refractivity contribution in [3.63, 3.8) is 0 Å². The molecule has 0 unspecified atom stereocenters. The molecule has 70 valence electrons. The second-order valence-electron chi connectivity index (χ2n) is 2.35. The predicted octanol–water partition coefficient (Wildman–Crippen LogP) is 2.27. The molecule has 0 atom stereocenters. The van der Waals surface area contributed by atoms with E-state index in [0.29, 0.717) is 0 Å². The van der Waals surface area contributed by atoms with E-state index in [1.54, 1.807) is 0 Å². The molecule has 2 nitrogen and oxygen atoms in total. The summed E-state index contributed by atoms with van der Waals surface area (Å²) in [7, 11) is 0. The van der Waals surface area contributed by atoms with E-state index >= 15 is 0 Å².